The highest BCUT2D eigenvalue weighted by Gasteiger charge is 2.35. The lowest BCUT2D eigenvalue weighted by Gasteiger charge is -2.32. The second-order valence-electron chi connectivity index (χ2n) is 7.52. The average molecular weight is 400 g/mol. The Balaban J connectivity index is 2.30. The van der Waals surface area contributed by atoms with Gasteiger partial charge in [-0.2, -0.15) is 0 Å². The predicted octanol–water partition coefficient (Wildman–Crippen LogP) is 2.26. The first-order valence-electron chi connectivity index (χ1n) is 9.53. The largest absolute Gasteiger partial charge is 0.480 e. The maximum absolute atomic E-state index is 12.7. The molecule has 2 unspecified atom stereocenters. The SMILES string of the molecule is CC(=O)C(=O)C(Cc1cncn1Nc1ccccc1)N(C)C(CC(C)C)C(=O)O. The molecule has 0 amide bonds. The van der Waals surface area contributed by atoms with Crippen LogP contribution in [0.5, 0.6) is 0 Å². The maximum atomic E-state index is 12.7. The molecular weight excluding hydrogens is 372 g/mol. The number of para-hydroxylation sites is 1. The molecule has 0 saturated heterocycles. The minimum Gasteiger partial charge on any atom is -0.480 e. The van der Waals surface area contributed by atoms with Crippen molar-refractivity contribution in [1.82, 2.24) is 14.6 Å². The van der Waals surface area contributed by atoms with E-state index in [-0.39, 0.29) is 12.3 Å². The Morgan fingerprint density at radius 1 is 1.17 bits per heavy atom. The van der Waals surface area contributed by atoms with Crippen molar-refractivity contribution in [2.24, 2.45) is 5.92 Å². The minimum absolute atomic E-state index is 0.122. The third kappa shape index (κ3) is 5.99. The number of imidazole rings is 1. The Morgan fingerprint density at radius 3 is 2.38 bits per heavy atom. The fourth-order valence-electron chi connectivity index (χ4n) is 3.19. The molecule has 8 heteroatoms. The number of carbonyl (C=O) groups excluding carboxylic acids is 2. The normalized spacial score (nSPS) is 13.3. The van der Waals surface area contributed by atoms with Crippen molar-refractivity contribution < 1.29 is 19.5 Å². The highest BCUT2D eigenvalue weighted by molar-refractivity contribution is 6.38. The van der Waals surface area contributed by atoms with Crippen LogP contribution in [0.25, 0.3) is 0 Å². The lowest BCUT2D eigenvalue weighted by Crippen LogP contribution is -2.51. The molecule has 0 radical (unpaired) electrons. The van der Waals surface area contributed by atoms with Gasteiger partial charge in [0, 0.05) is 13.3 Å². The van der Waals surface area contributed by atoms with Crippen LogP contribution in [0.2, 0.25) is 0 Å². The summed E-state index contributed by atoms with van der Waals surface area (Å²) in [4.78, 5) is 41.9. The molecule has 0 saturated carbocycles. The van der Waals surface area contributed by atoms with E-state index in [0.717, 1.165) is 5.69 Å². The van der Waals surface area contributed by atoms with Gasteiger partial charge in [-0.15, -0.1) is 0 Å². The van der Waals surface area contributed by atoms with Gasteiger partial charge in [0.05, 0.1) is 23.6 Å². The number of carboxylic acid groups (broad SMARTS) is 1. The van der Waals surface area contributed by atoms with Crippen molar-refractivity contribution in [2.45, 2.75) is 45.7 Å². The minimum atomic E-state index is -1.02. The third-order valence-electron chi connectivity index (χ3n) is 4.75. The molecule has 1 aromatic heterocycles. The van der Waals surface area contributed by atoms with Gasteiger partial charge in [0.25, 0.3) is 0 Å². The molecule has 0 spiro atoms. The van der Waals surface area contributed by atoms with E-state index in [4.69, 9.17) is 0 Å². The van der Waals surface area contributed by atoms with E-state index < -0.39 is 29.6 Å². The predicted molar refractivity (Wildman–Crippen MR) is 110 cm³/mol. The van der Waals surface area contributed by atoms with E-state index in [1.807, 2.05) is 44.2 Å². The zero-order chi connectivity index (χ0) is 21.6. The number of hydrogen-bond donors (Lipinski definition) is 2. The zero-order valence-corrected chi connectivity index (χ0v) is 17.2. The number of hydrogen-bond acceptors (Lipinski definition) is 6. The van der Waals surface area contributed by atoms with Crippen molar-refractivity contribution in [3.8, 4) is 0 Å². The number of nitrogens with zero attached hydrogens (tertiary/aromatic N) is 3. The molecule has 0 aliphatic heterocycles. The molecule has 2 N–H and O–H groups in total. The first-order valence-corrected chi connectivity index (χ1v) is 9.53. The van der Waals surface area contributed by atoms with Crippen LogP contribution in [0.4, 0.5) is 5.69 Å². The molecule has 1 heterocycles. The Morgan fingerprint density at radius 2 is 1.83 bits per heavy atom. The van der Waals surface area contributed by atoms with E-state index in [1.54, 1.807) is 24.2 Å². The molecule has 8 nitrogen and oxygen atoms in total. The number of Topliss-reactive ketones (excluding diaryl/α,β-unsaturated/α-hetero) is 2. The van der Waals surface area contributed by atoms with Crippen molar-refractivity contribution in [3.63, 3.8) is 0 Å². The molecule has 1 aromatic carbocycles. The van der Waals surface area contributed by atoms with Gasteiger partial charge in [-0.3, -0.25) is 24.7 Å². The number of nitrogens with one attached hydrogen (secondary N) is 1. The quantitative estimate of drug-likeness (QED) is 0.558. The fourth-order valence-corrected chi connectivity index (χ4v) is 3.19. The number of carboxylic acids is 1. The van der Waals surface area contributed by atoms with Crippen molar-refractivity contribution >= 4 is 23.2 Å². The third-order valence-corrected chi connectivity index (χ3v) is 4.75. The first-order chi connectivity index (χ1) is 13.7. The Bertz CT molecular complexity index is 847. The van der Waals surface area contributed by atoms with Gasteiger partial charge in [-0.1, -0.05) is 32.0 Å². The first kappa shape index (κ1) is 22.3. The molecule has 0 fully saturated rings. The zero-order valence-electron chi connectivity index (χ0n) is 17.2. The summed E-state index contributed by atoms with van der Waals surface area (Å²) in [5.74, 6) is -2.11. The topological polar surface area (TPSA) is 105 Å². The molecule has 29 heavy (non-hydrogen) atoms. The molecule has 156 valence electrons. The Labute approximate surface area is 170 Å². The number of aliphatic carboxylic acids is 1. The second kappa shape index (κ2) is 9.97. The van der Waals surface area contributed by atoms with Gasteiger partial charge >= 0.3 is 5.97 Å². The highest BCUT2D eigenvalue weighted by atomic mass is 16.4. The average Bonchev–Trinajstić information content (AvgIpc) is 3.10. The van der Waals surface area contributed by atoms with Crippen LogP contribution in [0, 0.1) is 5.92 Å². The molecule has 0 bridgehead atoms. The van der Waals surface area contributed by atoms with Gasteiger partial charge < -0.3 is 5.11 Å². The van der Waals surface area contributed by atoms with Gasteiger partial charge in [0.1, 0.15) is 12.4 Å². The Kier molecular flexibility index (Phi) is 7.67. The molecule has 2 aromatic rings. The maximum Gasteiger partial charge on any atom is 0.320 e. The van der Waals surface area contributed by atoms with E-state index >= 15 is 0 Å². The van der Waals surface area contributed by atoms with E-state index in [9.17, 15) is 19.5 Å². The molecule has 0 aliphatic carbocycles. The number of rotatable bonds is 11. The second-order valence-corrected chi connectivity index (χ2v) is 7.52. The Hall–Kier alpha value is -3.00. The van der Waals surface area contributed by atoms with Gasteiger partial charge in [-0.05, 0) is 31.5 Å². The van der Waals surface area contributed by atoms with E-state index in [1.165, 1.54) is 11.8 Å². The summed E-state index contributed by atoms with van der Waals surface area (Å²) in [6.45, 7) is 5.05. The van der Waals surface area contributed by atoms with Crippen molar-refractivity contribution in [2.75, 3.05) is 12.5 Å². The summed E-state index contributed by atoms with van der Waals surface area (Å²) in [6.07, 6.45) is 3.69. The fraction of sp³-hybridized carbons (Fsp3) is 0.429. The lowest BCUT2D eigenvalue weighted by molar-refractivity contribution is -0.147. The molecule has 0 aliphatic rings. The standard InChI is InChI=1S/C21H28N4O4/c1-14(2)10-19(21(28)29)24(4)18(20(27)15(3)26)11-17-12-22-13-25(17)23-16-8-6-5-7-9-16/h5-9,12-14,18-19,23H,10-11H2,1-4H3,(H,28,29). The van der Waals surface area contributed by atoms with Gasteiger partial charge in [-0.25, -0.2) is 9.66 Å². The summed E-state index contributed by atoms with van der Waals surface area (Å²) >= 11 is 0. The summed E-state index contributed by atoms with van der Waals surface area (Å²) < 4.78 is 1.67. The van der Waals surface area contributed by atoms with Gasteiger partial charge in [0.2, 0.25) is 5.78 Å². The van der Waals surface area contributed by atoms with Crippen LogP contribution >= 0.6 is 0 Å². The van der Waals surface area contributed by atoms with Crippen LogP contribution in [-0.4, -0.2) is 56.3 Å². The summed E-state index contributed by atoms with van der Waals surface area (Å²) in [6, 6.07) is 7.67. The van der Waals surface area contributed by atoms with Crippen LogP contribution in [0.1, 0.15) is 32.9 Å². The number of anilines is 1. The number of benzene rings is 1. The molecule has 2 atom stereocenters. The lowest BCUT2D eigenvalue weighted by atomic mass is 9.97. The van der Waals surface area contributed by atoms with Crippen LogP contribution in [0.3, 0.4) is 0 Å². The van der Waals surface area contributed by atoms with E-state index in [2.05, 4.69) is 10.4 Å². The van der Waals surface area contributed by atoms with Crippen LogP contribution in [-0.2, 0) is 20.8 Å². The van der Waals surface area contributed by atoms with Crippen LogP contribution < -0.4 is 5.43 Å². The van der Waals surface area contributed by atoms with Gasteiger partial charge in [0.15, 0.2) is 5.78 Å². The number of ketones is 2. The smallest absolute Gasteiger partial charge is 0.320 e. The number of carbonyl (C=O) groups is 3. The highest BCUT2D eigenvalue weighted by Crippen LogP contribution is 2.18. The van der Waals surface area contributed by atoms with Crippen LogP contribution in [0.15, 0.2) is 42.9 Å². The van der Waals surface area contributed by atoms with Crippen molar-refractivity contribution in [1.29, 1.82) is 0 Å². The monoisotopic (exact) mass is 400 g/mol. The summed E-state index contributed by atoms with van der Waals surface area (Å²) in [5.41, 5.74) is 4.66. The number of aromatic nitrogens is 2. The summed E-state index contributed by atoms with van der Waals surface area (Å²) in [7, 11) is 1.58. The molecule has 2 rings (SSSR count). The van der Waals surface area contributed by atoms with Crippen molar-refractivity contribution in [3.05, 3.63) is 48.5 Å². The van der Waals surface area contributed by atoms with E-state index in [0.29, 0.717) is 12.1 Å². The molecular formula is C21H28N4O4. The number of likely N-dealkylation sites (N-methyl/N-ethyl adjacent to an activating group) is 1. The summed E-state index contributed by atoms with van der Waals surface area (Å²) in [5, 5.41) is 9.67.